The summed E-state index contributed by atoms with van der Waals surface area (Å²) in [6, 6.07) is 7.79. The Balaban J connectivity index is 2.08. The molecule has 1 atom stereocenters. The lowest BCUT2D eigenvalue weighted by Crippen LogP contribution is -2.18. The maximum absolute atomic E-state index is 13.5. The summed E-state index contributed by atoms with van der Waals surface area (Å²) in [5, 5.41) is 9.57. The summed E-state index contributed by atoms with van der Waals surface area (Å²) in [4.78, 5) is 4.16. The number of ether oxygens (including phenoxy) is 2. The predicted octanol–water partition coefficient (Wildman–Crippen LogP) is 4.04. The second kappa shape index (κ2) is 7.56. The van der Waals surface area contributed by atoms with Gasteiger partial charge in [-0.1, -0.05) is 18.2 Å². The van der Waals surface area contributed by atoms with Crippen molar-refractivity contribution in [1.82, 2.24) is 15.2 Å². The minimum Gasteiger partial charge on any atom is -0.481 e. The smallest absolute Gasteiger partial charge is 0.416 e. The largest absolute Gasteiger partial charge is 0.481 e. The number of benzene rings is 1. The molecule has 0 aliphatic heterocycles. The van der Waals surface area contributed by atoms with Crippen molar-refractivity contribution in [3.63, 3.8) is 0 Å². The van der Waals surface area contributed by atoms with Crippen LogP contribution in [0.2, 0.25) is 0 Å². The molecule has 0 saturated carbocycles. The number of hydrogen-bond acceptors (Lipinski definition) is 5. The van der Waals surface area contributed by atoms with E-state index in [0.29, 0.717) is 17.1 Å². The number of nitrogens with zero attached hydrogens (tertiary/aromatic N) is 2. The molecule has 2 heterocycles. The summed E-state index contributed by atoms with van der Waals surface area (Å²) in [6.45, 7) is 0. The van der Waals surface area contributed by atoms with Gasteiger partial charge < -0.3 is 14.8 Å². The quantitative estimate of drug-likeness (QED) is 0.677. The fraction of sp³-hybridized carbons (Fsp3) is 0.222. The summed E-state index contributed by atoms with van der Waals surface area (Å²) in [5.74, 6) is 0.528. The molecule has 9 heteroatoms. The molecule has 6 nitrogen and oxygen atoms in total. The third-order valence-electron chi connectivity index (χ3n) is 3.97. The van der Waals surface area contributed by atoms with E-state index in [2.05, 4.69) is 20.5 Å². The molecule has 0 saturated heterocycles. The molecule has 2 aromatic heterocycles. The predicted molar refractivity (Wildman–Crippen MR) is 92.8 cm³/mol. The van der Waals surface area contributed by atoms with Crippen molar-refractivity contribution >= 4 is 5.69 Å². The van der Waals surface area contributed by atoms with E-state index in [9.17, 15) is 13.2 Å². The maximum Gasteiger partial charge on any atom is 0.416 e. The van der Waals surface area contributed by atoms with Gasteiger partial charge in [0.15, 0.2) is 0 Å². The van der Waals surface area contributed by atoms with Crippen LogP contribution in [0.1, 0.15) is 22.7 Å². The van der Waals surface area contributed by atoms with Crippen molar-refractivity contribution in [2.24, 2.45) is 0 Å². The van der Waals surface area contributed by atoms with Crippen molar-refractivity contribution in [3.8, 4) is 11.8 Å². The van der Waals surface area contributed by atoms with Gasteiger partial charge in [0.1, 0.15) is 0 Å². The topological polar surface area (TPSA) is 72.1 Å². The summed E-state index contributed by atoms with van der Waals surface area (Å²) in [5.41, 5.74) is 0.277. The molecule has 3 rings (SSSR count). The van der Waals surface area contributed by atoms with Crippen LogP contribution >= 0.6 is 0 Å². The highest BCUT2D eigenvalue weighted by Gasteiger charge is 2.35. The van der Waals surface area contributed by atoms with E-state index in [0.717, 1.165) is 6.07 Å². The number of methoxy groups -OCH3 is 2. The number of hydrogen-bond donors (Lipinski definition) is 2. The molecule has 3 aromatic rings. The van der Waals surface area contributed by atoms with Crippen LogP contribution in [0.3, 0.4) is 0 Å². The first kappa shape index (κ1) is 18.6. The molecule has 0 spiro atoms. The first-order chi connectivity index (χ1) is 12.9. The highest BCUT2D eigenvalue weighted by molar-refractivity contribution is 5.57. The number of aromatic amines is 1. The number of pyridine rings is 1. The van der Waals surface area contributed by atoms with Gasteiger partial charge in [-0.2, -0.15) is 23.3 Å². The highest BCUT2D eigenvalue weighted by atomic mass is 19.4. The van der Waals surface area contributed by atoms with E-state index in [1.807, 2.05) is 0 Å². The minimum atomic E-state index is -4.50. The first-order valence-corrected chi connectivity index (χ1v) is 7.94. The second-order valence-electron chi connectivity index (χ2n) is 5.60. The van der Waals surface area contributed by atoms with Gasteiger partial charge in [0, 0.05) is 17.8 Å². The van der Waals surface area contributed by atoms with Crippen molar-refractivity contribution in [1.29, 1.82) is 0 Å². The Labute approximate surface area is 153 Å². The van der Waals surface area contributed by atoms with Gasteiger partial charge >= 0.3 is 6.18 Å². The van der Waals surface area contributed by atoms with Gasteiger partial charge in [-0.05, 0) is 17.7 Å². The molecule has 142 valence electrons. The second-order valence-corrected chi connectivity index (χ2v) is 5.60. The Bertz CT molecular complexity index is 898. The monoisotopic (exact) mass is 378 g/mol. The molecule has 2 N–H and O–H groups in total. The number of anilines is 1. The summed E-state index contributed by atoms with van der Waals surface area (Å²) < 4.78 is 50.9. The number of alkyl halides is 3. The van der Waals surface area contributed by atoms with Crippen molar-refractivity contribution in [3.05, 3.63) is 65.5 Å². The van der Waals surface area contributed by atoms with Gasteiger partial charge in [0.2, 0.25) is 11.8 Å². The Hall–Kier alpha value is -3.23. The van der Waals surface area contributed by atoms with E-state index in [1.54, 1.807) is 18.2 Å². The normalized spacial score (nSPS) is 12.5. The van der Waals surface area contributed by atoms with E-state index in [1.165, 1.54) is 38.7 Å². The maximum atomic E-state index is 13.5. The number of rotatable bonds is 6. The molecule has 1 unspecified atom stereocenters. The lowest BCUT2D eigenvalue weighted by atomic mass is 9.95. The van der Waals surface area contributed by atoms with E-state index in [4.69, 9.17) is 9.47 Å². The SMILES string of the molecule is COc1ccc(NC(c2cn[nH]c2)c2ccccc2C(F)(F)F)c(OC)n1. The van der Waals surface area contributed by atoms with Crippen molar-refractivity contribution in [2.45, 2.75) is 12.2 Å². The van der Waals surface area contributed by atoms with E-state index >= 15 is 0 Å². The van der Waals surface area contributed by atoms with Crippen LogP contribution in [0, 0.1) is 0 Å². The number of aromatic nitrogens is 3. The fourth-order valence-electron chi connectivity index (χ4n) is 2.72. The van der Waals surface area contributed by atoms with Gasteiger partial charge in [-0.25, -0.2) is 0 Å². The molecule has 0 radical (unpaired) electrons. The van der Waals surface area contributed by atoms with E-state index in [-0.39, 0.29) is 11.4 Å². The zero-order chi connectivity index (χ0) is 19.4. The third-order valence-corrected chi connectivity index (χ3v) is 3.97. The molecular formula is C18H17F3N4O2. The van der Waals surface area contributed by atoms with Crippen LogP contribution in [0.4, 0.5) is 18.9 Å². The van der Waals surface area contributed by atoms with Gasteiger partial charge in [-0.3, -0.25) is 5.10 Å². The van der Waals surface area contributed by atoms with Gasteiger partial charge in [-0.15, -0.1) is 0 Å². The lowest BCUT2D eigenvalue weighted by Gasteiger charge is -2.23. The molecule has 27 heavy (non-hydrogen) atoms. The average Bonchev–Trinajstić information content (AvgIpc) is 3.20. The molecule has 0 amide bonds. The van der Waals surface area contributed by atoms with Gasteiger partial charge in [0.25, 0.3) is 0 Å². The Morgan fingerprint density at radius 3 is 2.48 bits per heavy atom. The van der Waals surface area contributed by atoms with Crippen LogP contribution in [0.15, 0.2) is 48.8 Å². The number of halogens is 3. The lowest BCUT2D eigenvalue weighted by molar-refractivity contribution is -0.138. The summed E-state index contributed by atoms with van der Waals surface area (Å²) in [7, 11) is 2.88. The van der Waals surface area contributed by atoms with Crippen molar-refractivity contribution in [2.75, 3.05) is 19.5 Å². The Morgan fingerprint density at radius 2 is 1.85 bits per heavy atom. The first-order valence-electron chi connectivity index (χ1n) is 7.94. The third kappa shape index (κ3) is 3.97. The highest BCUT2D eigenvalue weighted by Crippen LogP contribution is 2.39. The number of H-pyrrole nitrogens is 1. The zero-order valence-electron chi connectivity index (χ0n) is 14.5. The molecular weight excluding hydrogens is 361 g/mol. The van der Waals surface area contributed by atoms with Gasteiger partial charge in [0.05, 0.1) is 37.7 Å². The molecule has 0 bridgehead atoms. The van der Waals surface area contributed by atoms with Crippen LogP contribution in [-0.4, -0.2) is 29.4 Å². The average molecular weight is 378 g/mol. The van der Waals surface area contributed by atoms with Crippen LogP contribution in [0.25, 0.3) is 0 Å². The summed E-state index contributed by atoms with van der Waals surface area (Å²) >= 11 is 0. The van der Waals surface area contributed by atoms with Crippen LogP contribution in [-0.2, 0) is 6.18 Å². The number of nitrogens with one attached hydrogen (secondary N) is 2. The Kier molecular flexibility index (Phi) is 5.20. The summed E-state index contributed by atoms with van der Waals surface area (Å²) in [6.07, 6.45) is -1.50. The van der Waals surface area contributed by atoms with E-state index < -0.39 is 17.8 Å². The molecule has 0 aliphatic carbocycles. The standard InChI is InChI=1S/C18H17F3N4O2/c1-26-15-8-7-14(17(25-15)27-2)24-16(11-9-22-23-10-11)12-5-3-4-6-13(12)18(19,20)21/h3-10,16,24H,1-2H3,(H,22,23). The van der Waals surface area contributed by atoms with Crippen molar-refractivity contribution < 1.29 is 22.6 Å². The Morgan fingerprint density at radius 1 is 1.07 bits per heavy atom. The zero-order valence-corrected chi connectivity index (χ0v) is 14.5. The minimum absolute atomic E-state index is 0.0595. The molecule has 1 aromatic carbocycles. The van der Waals surface area contributed by atoms with Crippen LogP contribution < -0.4 is 14.8 Å². The van der Waals surface area contributed by atoms with Crippen LogP contribution in [0.5, 0.6) is 11.8 Å². The molecule has 0 aliphatic rings. The molecule has 0 fully saturated rings. The fourth-order valence-corrected chi connectivity index (χ4v) is 2.72.